The van der Waals surface area contributed by atoms with Crippen LogP contribution in [0.4, 0.5) is 5.82 Å². The van der Waals surface area contributed by atoms with Crippen molar-refractivity contribution >= 4 is 23.7 Å². The molecule has 1 fully saturated rings. The number of nitrogens with zero attached hydrogens (tertiary/aromatic N) is 2. The van der Waals surface area contributed by atoms with Gasteiger partial charge in [0.25, 0.3) is 0 Å². The van der Waals surface area contributed by atoms with Gasteiger partial charge >= 0.3 is 0 Å². The number of aromatic nitrogens is 1. The molecule has 104 valence electrons. The van der Waals surface area contributed by atoms with Gasteiger partial charge < -0.3 is 10.2 Å². The lowest BCUT2D eigenvalue weighted by Gasteiger charge is -2.15. The molecule has 0 aliphatic carbocycles. The molecule has 1 N–H and O–H groups in total. The summed E-state index contributed by atoms with van der Waals surface area (Å²) < 4.78 is 0. The van der Waals surface area contributed by atoms with Crippen molar-refractivity contribution in [2.45, 2.75) is 25.7 Å². The molecule has 0 saturated carbocycles. The molecule has 0 radical (unpaired) electrons. The van der Waals surface area contributed by atoms with Gasteiger partial charge in [0.1, 0.15) is 5.82 Å². The van der Waals surface area contributed by atoms with Crippen molar-refractivity contribution in [2.24, 2.45) is 0 Å². The van der Waals surface area contributed by atoms with Gasteiger partial charge in [0.15, 0.2) is 0 Å². The van der Waals surface area contributed by atoms with Crippen LogP contribution in [-0.2, 0) is 16.0 Å². The molecule has 20 heavy (non-hydrogen) atoms. The molecule has 2 aliphatic rings. The number of nitrogens with one attached hydrogen (secondary N) is 1. The highest BCUT2D eigenvalue weighted by Gasteiger charge is 2.17. The number of pyridine rings is 1. The summed E-state index contributed by atoms with van der Waals surface area (Å²) in [4.78, 5) is 29.3. The highest BCUT2D eigenvalue weighted by molar-refractivity contribution is 5.93. The summed E-state index contributed by atoms with van der Waals surface area (Å²) in [5.41, 5.74) is 1.92. The van der Waals surface area contributed by atoms with Crippen molar-refractivity contribution in [1.29, 1.82) is 0 Å². The van der Waals surface area contributed by atoms with Crippen molar-refractivity contribution < 1.29 is 9.59 Å². The Kier molecular flexibility index (Phi) is 3.50. The van der Waals surface area contributed by atoms with Crippen molar-refractivity contribution in [2.75, 3.05) is 18.4 Å². The summed E-state index contributed by atoms with van der Waals surface area (Å²) in [5, 5.41) is 2.75. The van der Waals surface area contributed by atoms with E-state index < -0.39 is 0 Å². The van der Waals surface area contributed by atoms with E-state index >= 15 is 0 Å². The molecule has 0 unspecified atom stereocenters. The van der Waals surface area contributed by atoms with Crippen molar-refractivity contribution in [3.05, 3.63) is 29.5 Å². The Labute approximate surface area is 117 Å². The monoisotopic (exact) mass is 271 g/mol. The van der Waals surface area contributed by atoms with Crippen LogP contribution in [0.25, 0.3) is 6.08 Å². The zero-order chi connectivity index (χ0) is 13.9. The lowest BCUT2D eigenvalue weighted by atomic mass is 10.0. The van der Waals surface area contributed by atoms with Crippen LogP contribution < -0.4 is 5.32 Å². The number of anilines is 1. The number of amides is 2. The smallest absolute Gasteiger partial charge is 0.246 e. The summed E-state index contributed by atoms with van der Waals surface area (Å²) >= 11 is 0. The van der Waals surface area contributed by atoms with Gasteiger partial charge in [-0.05, 0) is 42.5 Å². The van der Waals surface area contributed by atoms with E-state index in [9.17, 15) is 9.59 Å². The molecule has 2 amide bonds. The van der Waals surface area contributed by atoms with E-state index in [0.717, 1.165) is 37.1 Å². The fourth-order valence-corrected chi connectivity index (χ4v) is 2.58. The largest absolute Gasteiger partial charge is 0.339 e. The zero-order valence-electron chi connectivity index (χ0n) is 11.3. The van der Waals surface area contributed by atoms with Crippen LogP contribution in [0.2, 0.25) is 0 Å². The van der Waals surface area contributed by atoms with E-state index in [0.29, 0.717) is 18.7 Å². The predicted molar refractivity (Wildman–Crippen MR) is 76.0 cm³/mol. The third kappa shape index (κ3) is 2.71. The molecule has 5 nitrogen and oxygen atoms in total. The van der Waals surface area contributed by atoms with Crippen molar-refractivity contribution in [1.82, 2.24) is 9.88 Å². The number of fused-ring (bicyclic) bond motifs is 1. The highest BCUT2D eigenvalue weighted by Crippen LogP contribution is 2.21. The second-order valence-electron chi connectivity index (χ2n) is 5.19. The molecule has 1 aromatic heterocycles. The molecule has 2 aliphatic heterocycles. The van der Waals surface area contributed by atoms with Gasteiger partial charge in [-0.3, -0.25) is 9.59 Å². The minimum atomic E-state index is 0.0116. The number of carbonyl (C=O) groups excluding carboxylic acids is 2. The SMILES string of the molecule is O=C1CCc2cc(C=CC(=O)N3CCCC3)cnc2N1. The maximum Gasteiger partial charge on any atom is 0.246 e. The van der Waals surface area contributed by atoms with Crippen LogP contribution in [0.3, 0.4) is 0 Å². The molecular weight excluding hydrogens is 254 g/mol. The van der Waals surface area contributed by atoms with Crippen LogP contribution >= 0.6 is 0 Å². The summed E-state index contributed by atoms with van der Waals surface area (Å²) in [6, 6.07) is 1.98. The van der Waals surface area contributed by atoms with Gasteiger partial charge in [-0.2, -0.15) is 0 Å². The van der Waals surface area contributed by atoms with Crippen LogP contribution in [0.5, 0.6) is 0 Å². The average Bonchev–Trinajstić information content (AvgIpc) is 2.99. The van der Waals surface area contributed by atoms with Crippen molar-refractivity contribution in [3.8, 4) is 0 Å². The molecule has 1 saturated heterocycles. The number of rotatable bonds is 2. The lowest BCUT2D eigenvalue weighted by Crippen LogP contribution is -2.25. The standard InChI is InChI=1S/C15H17N3O2/c19-13-5-4-12-9-11(10-16-15(12)17-13)3-6-14(20)18-7-1-2-8-18/h3,6,9-10H,1-2,4-5,7-8H2,(H,16,17,19). The molecule has 0 aromatic carbocycles. The summed E-state index contributed by atoms with van der Waals surface area (Å²) in [7, 11) is 0. The number of aryl methyl sites for hydroxylation is 1. The molecular formula is C15H17N3O2. The number of hydrogen-bond acceptors (Lipinski definition) is 3. The molecule has 0 spiro atoms. The maximum absolute atomic E-state index is 11.9. The Balaban J connectivity index is 1.71. The molecule has 3 heterocycles. The molecule has 1 aromatic rings. The molecule has 3 rings (SSSR count). The van der Waals surface area contributed by atoms with E-state index in [4.69, 9.17) is 0 Å². The number of carbonyl (C=O) groups is 2. The minimum Gasteiger partial charge on any atom is -0.339 e. The van der Waals surface area contributed by atoms with Gasteiger partial charge in [-0.15, -0.1) is 0 Å². The van der Waals surface area contributed by atoms with E-state index in [1.165, 1.54) is 0 Å². The van der Waals surface area contributed by atoms with Gasteiger partial charge in [-0.1, -0.05) is 0 Å². The van der Waals surface area contributed by atoms with Crippen LogP contribution in [0.15, 0.2) is 18.3 Å². The van der Waals surface area contributed by atoms with E-state index in [1.807, 2.05) is 11.0 Å². The third-order valence-corrected chi connectivity index (χ3v) is 3.70. The first kappa shape index (κ1) is 12.8. The topological polar surface area (TPSA) is 62.3 Å². The van der Waals surface area contributed by atoms with Gasteiger partial charge in [0, 0.05) is 31.8 Å². The lowest BCUT2D eigenvalue weighted by molar-refractivity contribution is -0.125. The fraction of sp³-hybridized carbons (Fsp3) is 0.400. The maximum atomic E-state index is 11.9. The Morgan fingerprint density at radius 3 is 2.90 bits per heavy atom. The van der Waals surface area contributed by atoms with E-state index in [-0.39, 0.29) is 11.8 Å². The minimum absolute atomic E-state index is 0.0116. The first-order valence-corrected chi connectivity index (χ1v) is 6.98. The number of likely N-dealkylation sites (tertiary alicyclic amines) is 1. The number of hydrogen-bond donors (Lipinski definition) is 1. The molecule has 0 atom stereocenters. The molecule has 5 heteroatoms. The zero-order valence-corrected chi connectivity index (χ0v) is 11.3. The Morgan fingerprint density at radius 1 is 1.30 bits per heavy atom. The first-order valence-electron chi connectivity index (χ1n) is 6.98. The third-order valence-electron chi connectivity index (χ3n) is 3.70. The highest BCUT2D eigenvalue weighted by atomic mass is 16.2. The second kappa shape index (κ2) is 5.45. The van der Waals surface area contributed by atoms with Gasteiger partial charge in [0.05, 0.1) is 0 Å². The Morgan fingerprint density at radius 2 is 2.10 bits per heavy atom. The van der Waals surface area contributed by atoms with Crippen LogP contribution in [0.1, 0.15) is 30.4 Å². The van der Waals surface area contributed by atoms with Crippen LogP contribution in [0, 0.1) is 0 Å². The molecule has 0 bridgehead atoms. The van der Waals surface area contributed by atoms with E-state index in [2.05, 4.69) is 10.3 Å². The Bertz CT molecular complexity index is 574. The quantitative estimate of drug-likeness (QED) is 0.831. The van der Waals surface area contributed by atoms with E-state index in [1.54, 1.807) is 18.3 Å². The van der Waals surface area contributed by atoms with Gasteiger partial charge in [0.2, 0.25) is 11.8 Å². The van der Waals surface area contributed by atoms with Crippen molar-refractivity contribution in [3.63, 3.8) is 0 Å². The summed E-state index contributed by atoms with van der Waals surface area (Å²) in [5.74, 6) is 0.718. The normalized spacial score (nSPS) is 18.2. The average molecular weight is 271 g/mol. The van der Waals surface area contributed by atoms with Gasteiger partial charge in [-0.25, -0.2) is 4.98 Å². The first-order chi connectivity index (χ1) is 9.72. The predicted octanol–water partition coefficient (Wildman–Crippen LogP) is 1.60. The second-order valence-corrected chi connectivity index (χ2v) is 5.19. The fourth-order valence-electron chi connectivity index (χ4n) is 2.58. The van der Waals surface area contributed by atoms with Crippen LogP contribution in [-0.4, -0.2) is 34.8 Å². The Hall–Kier alpha value is -2.17. The summed E-state index contributed by atoms with van der Waals surface area (Å²) in [6.07, 6.45) is 8.47. The summed E-state index contributed by atoms with van der Waals surface area (Å²) in [6.45, 7) is 1.72.